The number of carbonyl (C=O) groups excluding carboxylic acids is 2. The number of hydrogen-bond donors (Lipinski definition) is 2. The van der Waals surface area contributed by atoms with Gasteiger partial charge in [-0.05, 0) is 45.1 Å². The number of carbonyl (C=O) groups is 2. The van der Waals surface area contributed by atoms with E-state index in [1.807, 2.05) is 13.8 Å². The maximum atomic E-state index is 12.0. The minimum absolute atomic E-state index is 0.0461. The van der Waals surface area contributed by atoms with E-state index in [4.69, 9.17) is 4.74 Å². The fourth-order valence-corrected chi connectivity index (χ4v) is 2.96. The molecule has 1 unspecified atom stereocenters. The summed E-state index contributed by atoms with van der Waals surface area (Å²) in [5, 5.41) is 5.85. The molecule has 0 bridgehead atoms. The number of rotatable bonds is 7. The van der Waals surface area contributed by atoms with Crippen LogP contribution in [0.2, 0.25) is 0 Å². The van der Waals surface area contributed by atoms with Crippen LogP contribution in [0, 0.1) is 0 Å². The first-order valence-corrected chi connectivity index (χ1v) is 7.99. The SMILES string of the molecule is CC(C)OCCCNC(=O)CC1=C2CCCCC2NC1=O. The van der Waals surface area contributed by atoms with Crippen LogP contribution in [0.15, 0.2) is 11.1 Å². The molecule has 5 nitrogen and oxygen atoms in total. The highest BCUT2D eigenvalue weighted by Crippen LogP contribution is 2.32. The van der Waals surface area contributed by atoms with Crippen molar-refractivity contribution in [2.45, 2.75) is 64.5 Å². The summed E-state index contributed by atoms with van der Waals surface area (Å²) in [6.45, 7) is 5.23. The Labute approximate surface area is 126 Å². The van der Waals surface area contributed by atoms with Gasteiger partial charge in [0.1, 0.15) is 0 Å². The van der Waals surface area contributed by atoms with Crippen molar-refractivity contribution in [3.8, 4) is 0 Å². The van der Waals surface area contributed by atoms with E-state index in [9.17, 15) is 9.59 Å². The topological polar surface area (TPSA) is 67.4 Å². The lowest BCUT2D eigenvalue weighted by atomic mass is 9.88. The molecule has 2 N–H and O–H groups in total. The van der Waals surface area contributed by atoms with Crippen molar-refractivity contribution in [1.82, 2.24) is 10.6 Å². The molecule has 2 aliphatic rings. The van der Waals surface area contributed by atoms with Gasteiger partial charge in [-0.3, -0.25) is 9.59 Å². The predicted octanol–water partition coefficient (Wildman–Crippen LogP) is 1.68. The molecule has 1 atom stereocenters. The number of amides is 2. The average Bonchev–Trinajstić information content (AvgIpc) is 2.74. The second-order valence-electron chi connectivity index (χ2n) is 6.08. The number of ether oxygens (including phenoxy) is 1. The van der Waals surface area contributed by atoms with E-state index < -0.39 is 0 Å². The molecule has 0 aromatic heterocycles. The van der Waals surface area contributed by atoms with Gasteiger partial charge < -0.3 is 15.4 Å². The Kier molecular flexibility index (Phi) is 5.79. The zero-order chi connectivity index (χ0) is 15.2. The van der Waals surface area contributed by atoms with Crippen LogP contribution in [-0.4, -0.2) is 37.1 Å². The third kappa shape index (κ3) is 4.56. The molecular weight excluding hydrogens is 268 g/mol. The minimum atomic E-state index is -0.0663. The van der Waals surface area contributed by atoms with Crippen LogP contribution in [0.25, 0.3) is 0 Å². The third-order valence-corrected chi connectivity index (χ3v) is 4.01. The maximum Gasteiger partial charge on any atom is 0.248 e. The molecule has 1 fully saturated rings. The molecule has 1 aliphatic heterocycles. The summed E-state index contributed by atoms with van der Waals surface area (Å²) in [7, 11) is 0. The van der Waals surface area contributed by atoms with Crippen LogP contribution in [0.4, 0.5) is 0 Å². The third-order valence-electron chi connectivity index (χ3n) is 4.01. The first kappa shape index (κ1) is 16.0. The van der Waals surface area contributed by atoms with E-state index in [0.29, 0.717) is 18.7 Å². The van der Waals surface area contributed by atoms with Crippen molar-refractivity contribution < 1.29 is 14.3 Å². The average molecular weight is 294 g/mol. The molecule has 1 heterocycles. The normalized spacial score (nSPS) is 21.5. The Morgan fingerprint density at radius 2 is 2.24 bits per heavy atom. The van der Waals surface area contributed by atoms with Crippen molar-refractivity contribution >= 4 is 11.8 Å². The lowest BCUT2D eigenvalue weighted by Crippen LogP contribution is -2.31. The molecule has 21 heavy (non-hydrogen) atoms. The van der Waals surface area contributed by atoms with Crippen LogP contribution >= 0.6 is 0 Å². The summed E-state index contributed by atoms with van der Waals surface area (Å²) >= 11 is 0. The molecule has 0 aromatic rings. The van der Waals surface area contributed by atoms with E-state index in [-0.39, 0.29) is 30.4 Å². The second kappa shape index (κ2) is 7.59. The number of hydrogen-bond acceptors (Lipinski definition) is 3. The molecule has 0 radical (unpaired) electrons. The van der Waals surface area contributed by atoms with Gasteiger partial charge in [-0.25, -0.2) is 0 Å². The first-order chi connectivity index (χ1) is 10.1. The van der Waals surface area contributed by atoms with Crippen molar-refractivity contribution in [3.63, 3.8) is 0 Å². The molecule has 1 aliphatic carbocycles. The van der Waals surface area contributed by atoms with Crippen molar-refractivity contribution in [1.29, 1.82) is 0 Å². The minimum Gasteiger partial charge on any atom is -0.379 e. The summed E-state index contributed by atoms with van der Waals surface area (Å²) in [5.41, 5.74) is 1.88. The molecule has 0 aromatic carbocycles. The van der Waals surface area contributed by atoms with Crippen LogP contribution in [0.3, 0.4) is 0 Å². The summed E-state index contributed by atoms with van der Waals surface area (Å²) in [4.78, 5) is 23.9. The van der Waals surface area contributed by atoms with Gasteiger partial charge in [-0.2, -0.15) is 0 Å². The van der Waals surface area contributed by atoms with Crippen molar-refractivity contribution in [3.05, 3.63) is 11.1 Å². The van der Waals surface area contributed by atoms with Gasteiger partial charge in [0.2, 0.25) is 11.8 Å². The van der Waals surface area contributed by atoms with Gasteiger partial charge in [0, 0.05) is 18.7 Å². The Morgan fingerprint density at radius 3 is 3.00 bits per heavy atom. The molecule has 118 valence electrons. The highest BCUT2D eigenvalue weighted by molar-refractivity contribution is 6.02. The fraction of sp³-hybridized carbons (Fsp3) is 0.750. The highest BCUT2D eigenvalue weighted by atomic mass is 16.5. The van der Waals surface area contributed by atoms with Gasteiger partial charge in [0.25, 0.3) is 0 Å². The molecule has 2 amide bonds. The van der Waals surface area contributed by atoms with E-state index in [1.54, 1.807) is 0 Å². The molecule has 2 rings (SSSR count). The van der Waals surface area contributed by atoms with Gasteiger partial charge in [0.05, 0.1) is 18.6 Å². The largest absolute Gasteiger partial charge is 0.379 e. The Hall–Kier alpha value is -1.36. The monoisotopic (exact) mass is 294 g/mol. The zero-order valence-electron chi connectivity index (χ0n) is 13.0. The maximum absolute atomic E-state index is 12.0. The Morgan fingerprint density at radius 1 is 1.43 bits per heavy atom. The van der Waals surface area contributed by atoms with Crippen molar-refractivity contribution in [2.75, 3.05) is 13.2 Å². The lowest BCUT2D eigenvalue weighted by Gasteiger charge is -2.20. The highest BCUT2D eigenvalue weighted by Gasteiger charge is 2.33. The smallest absolute Gasteiger partial charge is 0.248 e. The van der Waals surface area contributed by atoms with Crippen LogP contribution < -0.4 is 10.6 Å². The van der Waals surface area contributed by atoms with Crippen LogP contribution in [0.5, 0.6) is 0 Å². The van der Waals surface area contributed by atoms with Gasteiger partial charge in [0.15, 0.2) is 0 Å². The number of nitrogens with one attached hydrogen (secondary N) is 2. The van der Waals surface area contributed by atoms with Gasteiger partial charge in [-0.1, -0.05) is 6.42 Å². The summed E-state index contributed by atoms with van der Waals surface area (Å²) in [6.07, 6.45) is 5.47. The molecule has 5 heteroatoms. The zero-order valence-corrected chi connectivity index (χ0v) is 13.0. The molecule has 1 saturated carbocycles. The molecule has 0 spiro atoms. The van der Waals surface area contributed by atoms with Gasteiger partial charge in [-0.15, -0.1) is 0 Å². The first-order valence-electron chi connectivity index (χ1n) is 7.99. The lowest BCUT2D eigenvalue weighted by molar-refractivity contribution is -0.123. The Bertz CT molecular complexity index is 429. The summed E-state index contributed by atoms with van der Waals surface area (Å²) < 4.78 is 5.42. The molecule has 0 saturated heterocycles. The van der Waals surface area contributed by atoms with Crippen LogP contribution in [-0.2, 0) is 14.3 Å². The standard InChI is InChI=1S/C16H26N2O3/c1-11(2)21-9-5-8-17-15(19)10-13-12-6-3-4-7-14(12)18-16(13)20/h11,14H,3-10H2,1-2H3,(H,17,19)(H,18,20). The number of fused-ring (bicyclic) bond motifs is 1. The Balaban J connectivity index is 1.75. The predicted molar refractivity (Wildman–Crippen MR) is 80.8 cm³/mol. The van der Waals surface area contributed by atoms with E-state index in [1.165, 1.54) is 5.57 Å². The second-order valence-corrected chi connectivity index (χ2v) is 6.08. The van der Waals surface area contributed by atoms with Gasteiger partial charge >= 0.3 is 0 Å². The fourth-order valence-electron chi connectivity index (χ4n) is 2.96. The summed E-state index contributed by atoms with van der Waals surface area (Å²) in [5.74, 6) is -0.112. The van der Waals surface area contributed by atoms with E-state index >= 15 is 0 Å². The van der Waals surface area contributed by atoms with Crippen LogP contribution in [0.1, 0.15) is 52.4 Å². The van der Waals surface area contributed by atoms with Crippen molar-refractivity contribution in [2.24, 2.45) is 0 Å². The summed E-state index contributed by atoms with van der Waals surface area (Å²) in [6, 6.07) is 0.188. The molecular formula is C16H26N2O3. The van der Waals surface area contributed by atoms with E-state index in [2.05, 4.69) is 10.6 Å². The van der Waals surface area contributed by atoms with E-state index in [0.717, 1.165) is 32.1 Å². The quantitative estimate of drug-likeness (QED) is 0.702.